The van der Waals surface area contributed by atoms with Crippen LogP contribution < -0.4 is 14.8 Å². The zero-order chi connectivity index (χ0) is 25.4. The van der Waals surface area contributed by atoms with Crippen LogP contribution in [0.1, 0.15) is 0 Å². The summed E-state index contributed by atoms with van der Waals surface area (Å²) in [6.07, 6.45) is -1.72. The molecule has 0 saturated carbocycles. The molecule has 0 unspecified atom stereocenters. The Kier molecular flexibility index (Phi) is 6.52. The number of ether oxygens (including phenoxy) is 4. The molecule has 9 heteroatoms. The highest BCUT2D eigenvalue weighted by atomic mass is 19.1. The van der Waals surface area contributed by atoms with Crippen molar-refractivity contribution < 1.29 is 28.4 Å². The molecule has 6 rings (SSSR count). The number of halogens is 1. The fourth-order valence-electron chi connectivity index (χ4n) is 4.82. The van der Waals surface area contributed by atoms with E-state index >= 15 is 4.39 Å². The highest BCUT2D eigenvalue weighted by molar-refractivity contribution is 5.81. The van der Waals surface area contributed by atoms with Gasteiger partial charge in [-0.05, 0) is 30.3 Å². The molecule has 0 aliphatic carbocycles. The molecule has 0 amide bonds. The van der Waals surface area contributed by atoms with Gasteiger partial charge in [0.05, 0.1) is 24.2 Å². The van der Waals surface area contributed by atoms with E-state index in [0.29, 0.717) is 35.7 Å². The van der Waals surface area contributed by atoms with Crippen molar-refractivity contribution >= 4 is 11.0 Å². The molecule has 0 spiro atoms. The van der Waals surface area contributed by atoms with Crippen LogP contribution in [0.15, 0.2) is 60.7 Å². The summed E-state index contributed by atoms with van der Waals surface area (Å²) in [5.41, 5.74) is 4.13. The number of rotatable bonds is 8. The van der Waals surface area contributed by atoms with Crippen molar-refractivity contribution in [2.45, 2.75) is 24.4 Å². The van der Waals surface area contributed by atoms with Crippen LogP contribution in [0.3, 0.4) is 0 Å². The van der Waals surface area contributed by atoms with Crippen molar-refractivity contribution in [1.82, 2.24) is 15.3 Å². The zero-order valence-corrected chi connectivity index (χ0v) is 20.3. The number of H-pyrrole nitrogens is 1. The first kappa shape index (κ1) is 23.9. The number of aliphatic hydroxyl groups excluding tert-OH is 1. The Morgan fingerprint density at radius 1 is 1.00 bits per heavy atom. The average Bonchev–Trinajstić information content (AvgIpc) is 3.61. The van der Waals surface area contributed by atoms with E-state index in [1.165, 1.54) is 6.07 Å². The second kappa shape index (κ2) is 10.1. The van der Waals surface area contributed by atoms with Gasteiger partial charge >= 0.3 is 0 Å². The zero-order valence-electron chi connectivity index (χ0n) is 20.3. The van der Waals surface area contributed by atoms with Gasteiger partial charge in [0.15, 0.2) is 17.8 Å². The molecular formula is C28H28FN3O5. The molecule has 4 aromatic rings. The first-order valence-corrected chi connectivity index (χ1v) is 12.3. The smallest absolute Gasteiger partial charge is 0.193 e. The first-order valence-electron chi connectivity index (χ1n) is 12.3. The normalized spacial score (nSPS) is 22.9. The van der Waals surface area contributed by atoms with Crippen molar-refractivity contribution in [3.05, 3.63) is 66.5 Å². The van der Waals surface area contributed by atoms with Crippen LogP contribution in [0, 0.1) is 5.82 Å². The summed E-state index contributed by atoms with van der Waals surface area (Å²) in [5, 5.41) is 13.0. The van der Waals surface area contributed by atoms with E-state index in [1.54, 1.807) is 6.07 Å². The summed E-state index contributed by atoms with van der Waals surface area (Å²) in [6, 6.07) is 18.7. The highest BCUT2D eigenvalue weighted by Crippen LogP contribution is 2.32. The van der Waals surface area contributed by atoms with Gasteiger partial charge in [-0.25, -0.2) is 9.37 Å². The second-order valence-corrected chi connectivity index (χ2v) is 9.26. The maximum Gasteiger partial charge on any atom is 0.193 e. The molecule has 2 aromatic carbocycles. The van der Waals surface area contributed by atoms with Gasteiger partial charge in [0.2, 0.25) is 0 Å². The fourth-order valence-corrected chi connectivity index (χ4v) is 4.82. The molecule has 37 heavy (non-hydrogen) atoms. The number of fused-ring (bicyclic) bond motifs is 2. The van der Waals surface area contributed by atoms with E-state index in [2.05, 4.69) is 15.3 Å². The third-order valence-electron chi connectivity index (χ3n) is 6.76. The van der Waals surface area contributed by atoms with E-state index in [0.717, 1.165) is 23.4 Å². The van der Waals surface area contributed by atoms with Crippen molar-refractivity contribution in [3.8, 4) is 34.0 Å². The van der Waals surface area contributed by atoms with Gasteiger partial charge in [0.25, 0.3) is 0 Å². The largest absolute Gasteiger partial charge is 0.492 e. The van der Waals surface area contributed by atoms with Gasteiger partial charge in [-0.2, -0.15) is 0 Å². The third-order valence-corrected chi connectivity index (χ3v) is 6.76. The van der Waals surface area contributed by atoms with Gasteiger partial charge in [0, 0.05) is 24.2 Å². The Morgan fingerprint density at radius 2 is 1.70 bits per heavy atom. The molecular weight excluding hydrogens is 477 g/mol. The van der Waals surface area contributed by atoms with Crippen LogP contribution in [-0.2, 0) is 9.47 Å². The molecule has 192 valence electrons. The molecule has 8 nitrogen and oxygen atoms in total. The minimum Gasteiger partial charge on any atom is -0.492 e. The predicted octanol–water partition coefficient (Wildman–Crippen LogP) is 3.54. The summed E-state index contributed by atoms with van der Waals surface area (Å²) in [5.74, 6) is 0.842. The number of nitrogens with one attached hydrogen (secondary N) is 2. The summed E-state index contributed by atoms with van der Waals surface area (Å²) in [6.45, 7) is 1.94. The number of aromatic amines is 1. The Hall–Kier alpha value is -3.50. The van der Waals surface area contributed by atoms with Crippen molar-refractivity contribution in [2.75, 3.05) is 33.4 Å². The van der Waals surface area contributed by atoms with Crippen molar-refractivity contribution in [2.24, 2.45) is 0 Å². The number of likely N-dealkylation sites (N-methyl/N-ethyl adjacent to an activating group) is 1. The van der Waals surface area contributed by atoms with Crippen LogP contribution in [-0.4, -0.2) is 72.9 Å². The molecule has 3 N–H and O–H groups in total. The van der Waals surface area contributed by atoms with E-state index in [1.807, 2.05) is 55.6 Å². The van der Waals surface area contributed by atoms with Gasteiger partial charge in [-0.3, -0.25) is 0 Å². The van der Waals surface area contributed by atoms with Crippen LogP contribution in [0.2, 0.25) is 0 Å². The van der Waals surface area contributed by atoms with Gasteiger partial charge in [-0.1, -0.05) is 36.4 Å². The monoisotopic (exact) mass is 505 g/mol. The van der Waals surface area contributed by atoms with E-state index < -0.39 is 11.9 Å². The molecule has 0 bridgehead atoms. The van der Waals surface area contributed by atoms with Crippen LogP contribution >= 0.6 is 0 Å². The standard InChI is InChI=1S/C28H28FN3O5/c1-30-10-11-34-19-8-6-17(7-9-19)16-2-4-18(5-3-16)26-20(29)12-21-22(32-26)13-25(31-21)37-24-15-36-27-23(33)14-35-28(24)27/h2-9,12-13,23-24,27-28,30-31,33H,10-11,14-15H2,1H3/t23-,24-,27-,28-/m1/s1. The Balaban J connectivity index is 1.18. The molecule has 2 fully saturated rings. The number of benzene rings is 2. The number of aliphatic hydroxyl groups is 1. The molecule has 2 saturated heterocycles. The lowest BCUT2D eigenvalue weighted by Gasteiger charge is -2.16. The second-order valence-electron chi connectivity index (χ2n) is 9.26. The van der Waals surface area contributed by atoms with Crippen LogP contribution in [0.5, 0.6) is 11.6 Å². The van der Waals surface area contributed by atoms with Gasteiger partial charge in [-0.15, -0.1) is 0 Å². The molecule has 4 atom stereocenters. The molecule has 2 aliphatic heterocycles. The van der Waals surface area contributed by atoms with E-state index in [9.17, 15) is 5.11 Å². The SMILES string of the molecule is CNCCOc1ccc(-c2ccc(-c3nc4cc(O[C@@H]5CO[C@H]6[C@@H]5OC[C@H]6O)[nH]c4cc3F)cc2)cc1. The number of hydrogen-bond donors (Lipinski definition) is 3. The summed E-state index contributed by atoms with van der Waals surface area (Å²) in [7, 11) is 1.89. The first-order chi connectivity index (χ1) is 18.1. The van der Waals surface area contributed by atoms with E-state index in [4.69, 9.17) is 18.9 Å². The number of aromatic nitrogens is 2. The molecule has 0 radical (unpaired) electrons. The summed E-state index contributed by atoms with van der Waals surface area (Å²) in [4.78, 5) is 7.63. The Morgan fingerprint density at radius 3 is 2.46 bits per heavy atom. The number of nitrogens with zero attached hydrogens (tertiary/aromatic N) is 1. The van der Waals surface area contributed by atoms with Gasteiger partial charge in [0.1, 0.15) is 36.4 Å². The minimum absolute atomic E-state index is 0.230. The van der Waals surface area contributed by atoms with Crippen LogP contribution in [0.4, 0.5) is 4.39 Å². The Bertz CT molecular complexity index is 1380. The topological polar surface area (TPSA) is 97.9 Å². The average molecular weight is 506 g/mol. The lowest BCUT2D eigenvalue weighted by Crippen LogP contribution is -2.34. The minimum atomic E-state index is -0.646. The maximum atomic E-state index is 15.0. The number of hydrogen-bond acceptors (Lipinski definition) is 7. The van der Waals surface area contributed by atoms with Crippen molar-refractivity contribution in [3.63, 3.8) is 0 Å². The predicted molar refractivity (Wildman–Crippen MR) is 136 cm³/mol. The van der Waals surface area contributed by atoms with E-state index in [-0.39, 0.29) is 30.6 Å². The van der Waals surface area contributed by atoms with Crippen molar-refractivity contribution in [1.29, 1.82) is 0 Å². The molecule has 4 heterocycles. The maximum absolute atomic E-state index is 15.0. The Labute approximate surface area is 213 Å². The summed E-state index contributed by atoms with van der Waals surface area (Å²) < 4.78 is 37.9. The van der Waals surface area contributed by atoms with Gasteiger partial charge < -0.3 is 34.4 Å². The lowest BCUT2D eigenvalue weighted by atomic mass is 10.0. The number of pyridine rings is 1. The third kappa shape index (κ3) is 4.78. The summed E-state index contributed by atoms with van der Waals surface area (Å²) >= 11 is 0. The molecule has 2 aliphatic rings. The molecule has 2 aromatic heterocycles. The quantitative estimate of drug-likeness (QED) is 0.315. The lowest BCUT2D eigenvalue weighted by molar-refractivity contribution is 0.00794. The van der Waals surface area contributed by atoms with Crippen LogP contribution in [0.25, 0.3) is 33.4 Å². The highest BCUT2D eigenvalue weighted by Gasteiger charge is 2.48. The fraction of sp³-hybridized carbons (Fsp3) is 0.321.